The van der Waals surface area contributed by atoms with E-state index in [0.29, 0.717) is 50.8 Å². The van der Waals surface area contributed by atoms with Crippen LogP contribution in [0.3, 0.4) is 0 Å². The Labute approximate surface area is 497 Å². The summed E-state index contributed by atoms with van der Waals surface area (Å²) in [6.45, 7) is 1.84. The number of hydrogen-bond donors (Lipinski definition) is 6. The smallest absolute Gasteiger partial charge is 0.263 e. The Morgan fingerprint density at radius 1 is 0.391 bits per heavy atom. The lowest BCUT2D eigenvalue weighted by Gasteiger charge is -2.07. The number of imidazole rings is 3. The molecule has 22 heteroatoms. The second-order valence-electron chi connectivity index (χ2n) is 19.8. The van der Waals surface area contributed by atoms with E-state index in [9.17, 15) is 42.8 Å². The summed E-state index contributed by atoms with van der Waals surface area (Å²) in [5, 5.41) is 16.0. The topological polar surface area (TPSA) is 267 Å². The van der Waals surface area contributed by atoms with Gasteiger partial charge in [0.1, 0.15) is 29.1 Å². The van der Waals surface area contributed by atoms with Crippen LogP contribution in [-0.2, 0) is 30.1 Å². The standard InChI is InChI=1S/C22H17F2N3O2S.C22H18FN3O2S.C21H16FN3O2S/c23-22(24)15-8-5-14(6-9-15)7-12-21-26-18-11-10-16(13-19(18)27-21)17-3-1-2-4-20(17)30(25,28)29;1-14-10-15(12-17(23)11-14)6-9-22-25-19-8-7-16(13-20(19)26-22)18-4-2-3-5-21(18)29(24,27)28;22-16-9-5-14(6-10-16)7-12-21-24-18-11-8-15(13-19(18)25-21)17-3-1-2-4-20(17)28(23,26)27/h1-13,22H,(H,26,27)(H2,25,28,29);2-13H,1H3,(H,25,26)(H2,24,27,28);1-13H,(H,24,25)(H2,23,26,27)/b12-7+;9-6+;12-7+. The fraction of sp³-hybridized carbons (Fsp3) is 0.0308. The molecule has 0 fully saturated rings. The lowest BCUT2D eigenvalue weighted by atomic mass is 10.1. The molecule has 0 unspecified atom stereocenters. The molecule has 15 nitrogen and oxygen atoms in total. The van der Waals surface area contributed by atoms with E-state index in [2.05, 4.69) is 29.9 Å². The number of fused-ring (bicyclic) bond motifs is 3. The molecule has 0 amide bonds. The lowest BCUT2D eigenvalue weighted by molar-refractivity contribution is 0.151. The molecule has 3 aromatic heterocycles. The van der Waals surface area contributed by atoms with Crippen molar-refractivity contribution in [2.75, 3.05) is 0 Å². The molecule has 9 N–H and O–H groups in total. The molecule has 0 spiro atoms. The first-order valence-corrected chi connectivity index (χ1v) is 31.0. The minimum atomic E-state index is -3.86. The number of primary sulfonamides is 3. The Morgan fingerprint density at radius 3 is 1.08 bits per heavy atom. The van der Waals surface area contributed by atoms with E-state index in [-0.39, 0.29) is 31.9 Å². The number of rotatable bonds is 13. The molecular weight excluding hydrogens is 1170 g/mol. The van der Waals surface area contributed by atoms with Gasteiger partial charge in [0.05, 0.1) is 47.8 Å². The normalized spacial score (nSPS) is 12.1. The number of sulfonamides is 3. The molecule has 0 bridgehead atoms. The molecule has 0 aliphatic carbocycles. The van der Waals surface area contributed by atoms with Gasteiger partial charge in [-0.25, -0.2) is 73.2 Å². The van der Waals surface area contributed by atoms with Gasteiger partial charge in [-0.1, -0.05) is 133 Å². The molecule has 0 atom stereocenters. The van der Waals surface area contributed by atoms with Crippen molar-refractivity contribution in [3.05, 3.63) is 251 Å². The highest BCUT2D eigenvalue weighted by Gasteiger charge is 2.19. The van der Waals surface area contributed by atoms with Gasteiger partial charge in [-0.2, -0.15) is 0 Å². The average molecular weight is 1230 g/mol. The molecule has 87 heavy (non-hydrogen) atoms. The SMILES string of the molecule is Cc1cc(F)cc(/C=C/c2nc3ccc(-c4ccccc4S(N)(=O)=O)cc3[nH]2)c1.NS(=O)(=O)c1ccccc1-c1ccc2nc(/C=C/c3ccc(C(F)F)cc3)[nH]c2c1.NS(=O)(=O)c1ccccc1-c1ccc2nc(/C=C/c3ccc(F)cc3)[nH]c2c1. The maximum absolute atomic E-state index is 13.5. The number of nitrogens with one attached hydrogen (secondary N) is 3. The summed E-state index contributed by atoms with van der Waals surface area (Å²) in [6.07, 6.45) is 8.20. The van der Waals surface area contributed by atoms with Crippen molar-refractivity contribution >= 4 is 99.6 Å². The lowest BCUT2D eigenvalue weighted by Crippen LogP contribution is -2.13. The van der Waals surface area contributed by atoms with Crippen molar-refractivity contribution in [2.24, 2.45) is 15.4 Å². The van der Waals surface area contributed by atoms with E-state index in [1.807, 2.05) is 43.3 Å². The van der Waals surface area contributed by atoms with Crippen LogP contribution < -0.4 is 15.4 Å². The average Bonchev–Trinajstić information content (AvgIpc) is 2.84. The van der Waals surface area contributed by atoms with Crippen LogP contribution in [0.5, 0.6) is 0 Å². The summed E-state index contributed by atoms with van der Waals surface area (Å²) in [4.78, 5) is 23.2. The number of aromatic nitrogens is 6. The van der Waals surface area contributed by atoms with Crippen LogP contribution in [0.2, 0.25) is 0 Å². The van der Waals surface area contributed by atoms with Gasteiger partial charge in [0.25, 0.3) is 6.43 Å². The second kappa shape index (κ2) is 25.3. The van der Waals surface area contributed by atoms with E-state index < -0.39 is 36.5 Å². The van der Waals surface area contributed by atoms with Crippen molar-refractivity contribution < 1.29 is 42.8 Å². The van der Waals surface area contributed by atoms with E-state index in [1.165, 1.54) is 54.6 Å². The minimum Gasteiger partial charge on any atom is -0.338 e. The second-order valence-corrected chi connectivity index (χ2v) is 24.4. The van der Waals surface area contributed by atoms with Crippen molar-refractivity contribution in [1.82, 2.24) is 29.9 Å². The van der Waals surface area contributed by atoms with Gasteiger partial charge < -0.3 is 15.0 Å². The molecule has 438 valence electrons. The van der Waals surface area contributed by atoms with Crippen LogP contribution in [0, 0.1) is 18.6 Å². The first kappa shape index (κ1) is 60.2. The number of nitrogens with two attached hydrogens (primary N) is 3. The summed E-state index contributed by atoms with van der Waals surface area (Å²) in [7, 11) is -11.5. The summed E-state index contributed by atoms with van der Waals surface area (Å²) in [6, 6.07) is 52.9. The Balaban J connectivity index is 0.000000145. The number of H-pyrrole nitrogens is 3. The first-order chi connectivity index (χ1) is 41.5. The van der Waals surface area contributed by atoms with E-state index in [1.54, 1.807) is 140 Å². The van der Waals surface area contributed by atoms with Crippen LogP contribution in [0.25, 0.3) is 103 Å². The van der Waals surface area contributed by atoms with Gasteiger partial charge >= 0.3 is 0 Å². The zero-order chi connectivity index (χ0) is 61.6. The molecule has 9 aromatic carbocycles. The quantitative estimate of drug-likeness (QED) is 0.0599. The molecular formula is C65H51F4N9O6S3. The third-order valence-corrected chi connectivity index (χ3v) is 16.3. The first-order valence-electron chi connectivity index (χ1n) is 26.3. The molecule has 0 saturated heterocycles. The molecule has 0 aliphatic rings. The van der Waals surface area contributed by atoms with E-state index in [4.69, 9.17) is 15.4 Å². The van der Waals surface area contributed by atoms with Crippen LogP contribution >= 0.6 is 0 Å². The summed E-state index contributed by atoms with van der Waals surface area (Å²) in [5.74, 6) is 1.26. The van der Waals surface area contributed by atoms with Crippen LogP contribution in [0.4, 0.5) is 17.6 Å². The number of nitrogens with zero attached hydrogens (tertiary/aromatic N) is 3. The third-order valence-electron chi connectivity index (χ3n) is 13.4. The minimum absolute atomic E-state index is 0.0248. The summed E-state index contributed by atoms with van der Waals surface area (Å²) in [5.41, 5.74) is 11.3. The number of hydrogen-bond acceptors (Lipinski definition) is 9. The van der Waals surface area contributed by atoms with Gasteiger partial charge in [0.2, 0.25) is 30.1 Å². The largest absolute Gasteiger partial charge is 0.338 e. The predicted octanol–water partition coefficient (Wildman–Crippen LogP) is 13.7. The van der Waals surface area contributed by atoms with E-state index >= 15 is 0 Å². The highest BCUT2D eigenvalue weighted by molar-refractivity contribution is 7.89. The fourth-order valence-electron chi connectivity index (χ4n) is 9.40. The van der Waals surface area contributed by atoms with Crippen molar-refractivity contribution in [2.45, 2.75) is 28.0 Å². The summed E-state index contributed by atoms with van der Waals surface area (Å²) >= 11 is 0. The Kier molecular flexibility index (Phi) is 17.5. The number of aryl methyl sites for hydroxylation is 1. The predicted molar refractivity (Wildman–Crippen MR) is 334 cm³/mol. The van der Waals surface area contributed by atoms with E-state index in [0.717, 1.165) is 55.4 Å². The molecule has 0 saturated carbocycles. The number of benzene rings is 9. The maximum atomic E-state index is 13.5. The number of alkyl halides is 2. The number of halogens is 4. The number of aromatic amines is 3. The third kappa shape index (κ3) is 14.9. The summed E-state index contributed by atoms with van der Waals surface area (Å²) < 4.78 is 123. The van der Waals surface area contributed by atoms with Gasteiger partial charge in [-0.05, 0) is 143 Å². The molecule has 3 heterocycles. The molecule has 0 aliphatic heterocycles. The maximum Gasteiger partial charge on any atom is 0.263 e. The Bertz CT molecular complexity index is 4970. The van der Waals surface area contributed by atoms with Gasteiger partial charge in [-0.3, -0.25) is 0 Å². The molecule has 12 aromatic rings. The molecule has 0 radical (unpaired) electrons. The van der Waals surface area contributed by atoms with Crippen LogP contribution in [0.15, 0.2) is 209 Å². The highest BCUT2D eigenvalue weighted by Crippen LogP contribution is 2.32. The zero-order valence-corrected chi connectivity index (χ0v) is 48.2. The van der Waals surface area contributed by atoms with Crippen LogP contribution in [-0.4, -0.2) is 55.2 Å². The van der Waals surface area contributed by atoms with Gasteiger partial charge in [0.15, 0.2) is 0 Å². The van der Waals surface area contributed by atoms with Crippen LogP contribution in [0.1, 0.15) is 51.7 Å². The Morgan fingerprint density at radius 2 is 0.736 bits per heavy atom. The van der Waals surface area contributed by atoms with Gasteiger partial charge in [0, 0.05) is 22.3 Å². The Hall–Kier alpha value is -9.94. The zero-order valence-electron chi connectivity index (χ0n) is 45.8. The van der Waals surface area contributed by atoms with Crippen molar-refractivity contribution in [3.8, 4) is 33.4 Å². The highest BCUT2D eigenvalue weighted by atomic mass is 32.2. The van der Waals surface area contributed by atoms with Crippen molar-refractivity contribution in [1.29, 1.82) is 0 Å². The van der Waals surface area contributed by atoms with Crippen molar-refractivity contribution in [3.63, 3.8) is 0 Å². The monoisotopic (exact) mass is 1230 g/mol. The van der Waals surface area contributed by atoms with Gasteiger partial charge in [-0.15, -0.1) is 0 Å². The fourth-order valence-corrected chi connectivity index (χ4v) is 11.7. The molecule has 12 rings (SSSR count).